The first-order chi connectivity index (χ1) is 6.97. The number of nitriles is 1. The number of aromatic nitrogens is 1. The van der Waals surface area contributed by atoms with Gasteiger partial charge in [-0.05, 0) is 9.91 Å². The van der Waals surface area contributed by atoms with E-state index in [1.54, 1.807) is 0 Å². The quantitative estimate of drug-likeness (QED) is 0.430. The zero-order valence-electron chi connectivity index (χ0n) is 6.95. The second kappa shape index (κ2) is 3.91. The minimum Gasteiger partial charge on any atom is -0.358 e. The average Bonchev–Trinajstić information content (AvgIpc) is 2.16. The number of halogens is 3. The second-order valence-electron chi connectivity index (χ2n) is 2.40. The summed E-state index contributed by atoms with van der Waals surface area (Å²) in [5.41, 5.74) is -1.95. The molecule has 1 rings (SSSR count). The Bertz CT molecular complexity index is 456. The molecular formula is C7H2F3N3O2. The van der Waals surface area contributed by atoms with Gasteiger partial charge in [0.2, 0.25) is 0 Å². The van der Waals surface area contributed by atoms with E-state index >= 15 is 0 Å². The van der Waals surface area contributed by atoms with E-state index in [2.05, 4.69) is 4.98 Å². The van der Waals surface area contributed by atoms with Crippen molar-refractivity contribution < 1.29 is 18.1 Å². The van der Waals surface area contributed by atoms with Gasteiger partial charge in [-0.1, -0.05) is 0 Å². The van der Waals surface area contributed by atoms with Gasteiger partial charge < -0.3 is 10.1 Å². The third-order valence-electron chi connectivity index (χ3n) is 1.52. The van der Waals surface area contributed by atoms with Crippen LogP contribution in [0.5, 0.6) is 0 Å². The minimum absolute atomic E-state index is 0.302. The molecule has 0 fully saturated rings. The molecule has 0 amide bonds. The molecular weight excluding hydrogens is 215 g/mol. The largest absolute Gasteiger partial charge is 0.385 e. The predicted octanol–water partition coefficient (Wildman–Crippen LogP) is 1.94. The fraction of sp³-hybridized carbons (Fsp3) is 0.143. The topological polar surface area (TPSA) is 79.8 Å². The summed E-state index contributed by atoms with van der Waals surface area (Å²) in [5.74, 6) is -2.62. The first-order valence-electron chi connectivity index (χ1n) is 3.50. The van der Waals surface area contributed by atoms with Gasteiger partial charge in [0.1, 0.15) is 6.07 Å². The molecule has 0 aliphatic heterocycles. The Labute approximate surface area is 80.9 Å². The van der Waals surface area contributed by atoms with E-state index in [0.29, 0.717) is 6.07 Å². The molecule has 0 unspecified atom stereocenters. The Kier molecular flexibility index (Phi) is 2.85. The maximum Gasteiger partial charge on any atom is 0.385 e. The van der Waals surface area contributed by atoms with E-state index in [4.69, 9.17) is 5.26 Å². The van der Waals surface area contributed by atoms with Gasteiger partial charge in [-0.25, -0.2) is 8.78 Å². The van der Waals surface area contributed by atoms with Crippen molar-refractivity contribution in [1.82, 2.24) is 4.98 Å². The van der Waals surface area contributed by atoms with Crippen molar-refractivity contribution in [2.24, 2.45) is 0 Å². The molecule has 0 spiro atoms. The first kappa shape index (κ1) is 10.9. The van der Waals surface area contributed by atoms with Gasteiger partial charge in [0, 0.05) is 6.07 Å². The maximum atomic E-state index is 12.6. The summed E-state index contributed by atoms with van der Waals surface area (Å²) >= 11 is 0. The molecule has 0 aromatic carbocycles. The fourth-order valence-electron chi connectivity index (χ4n) is 0.938. The van der Waals surface area contributed by atoms with E-state index in [-0.39, 0.29) is 0 Å². The van der Waals surface area contributed by atoms with Crippen molar-refractivity contribution in [3.63, 3.8) is 0 Å². The molecule has 0 bridgehead atoms. The molecule has 0 radical (unpaired) electrons. The number of nitro groups is 1. The Morgan fingerprint density at radius 3 is 2.60 bits per heavy atom. The Balaban J connectivity index is 3.54. The van der Waals surface area contributed by atoms with Crippen LogP contribution in [-0.4, -0.2) is 9.91 Å². The van der Waals surface area contributed by atoms with Crippen LogP contribution >= 0.6 is 0 Å². The lowest BCUT2D eigenvalue weighted by molar-refractivity contribution is -0.390. The summed E-state index contributed by atoms with van der Waals surface area (Å²) in [4.78, 5) is 11.9. The summed E-state index contributed by atoms with van der Waals surface area (Å²) in [6.07, 6.45) is -3.17. The predicted molar refractivity (Wildman–Crippen MR) is 40.5 cm³/mol. The number of pyridine rings is 1. The van der Waals surface area contributed by atoms with Gasteiger partial charge in [0.25, 0.3) is 6.43 Å². The lowest BCUT2D eigenvalue weighted by atomic mass is 10.1. The van der Waals surface area contributed by atoms with Crippen LogP contribution in [0.1, 0.15) is 17.6 Å². The molecule has 0 atom stereocenters. The highest BCUT2D eigenvalue weighted by atomic mass is 19.3. The summed E-state index contributed by atoms with van der Waals surface area (Å²) in [6, 6.07) is 1.51. The molecule has 0 aliphatic rings. The lowest BCUT2D eigenvalue weighted by Crippen LogP contribution is -2.03. The van der Waals surface area contributed by atoms with Crippen LogP contribution < -0.4 is 0 Å². The monoisotopic (exact) mass is 217 g/mol. The Hall–Kier alpha value is -2.17. The molecule has 78 valence electrons. The molecule has 5 nitrogen and oxygen atoms in total. The summed E-state index contributed by atoms with van der Waals surface area (Å²) in [7, 11) is 0. The van der Waals surface area contributed by atoms with Gasteiger partial charge in [-0.3, -0.25) is 0 Å². The van der Waals surface area contributed by atoms with Crippen molar-refractivity contribution in [3.8, 4) is 6.07 Å². The molecule has 15 heavy (non-hydrogen) atoms. The van der Waals surface area contributed by atoms with Gasteiger partial charge in [0.15, 0.2) is 5.56 Å². The summed E-state index contributed by atoms with van der Waals surface area (Å²) in [6.45, 7) is 0. The van der Waals surface area contributed by atoms with Crippen LogP contribution in [0, 0.1) is 27.4 Å². The average molecular weight is 217 g/mol. The number of hydrogen-bond donors (Lipinski definition) is 0. The zero-order chi connectivity index (χ0) is 11.6. The highest BCUT2D eigenvalue weighted by Crippen LogP contribution is 2.28. The molecule has 1 aromatic heterocycles. The molecule has 0 aliphatic carbocycles. The van der Waals surface area contributed by atoms with E-state index in [1.165, 1.54) is 6.07 Å². The van der Waals surface area contributed by atoms with E-state index in [9.17, 15) is 23.3 Å². The van der Waals surface area contributed by atoms with Crippen LogP contribution in [0.4, 0.5) is 19.0 Å². The van der Waals surface area contributed by atoms with Gasteiger partial charge in [0.05, 0.1) is 5.56 Å². The van der Waals surface area contributed by atoms with E-state index in [1.807, 2.05) is 0 Å². The number of alkyl halides is 2. The van der Waals surface area contributed by atoms with Crippen LogP contribution in [0.3, 0.4) is 0 Å². The number of hydrogen-bond acceptors (Lipinski definition) is 4. The van der Waals surface area contributed by atoms with Crippen molar-refractivity contribution >= 4 is 5.82 Å². The van der Waals surface area contributed by atoms with Crippen LogP contribution in [0.15, 0.2) is 6.07 Å². The molecule has 0 saturated carbocycles. The van der Waals surface area contributed by atoms with Crippen molar-refractivity contribution in [2.45, 2.75) is 6.43 Å². The summed E-state index contributed by atoms with van der Waals surface area (Å²) < 4.78 is 37.1. The molecule has 0 N–H and O–H groups in total. The third-order valence-corrected chi connectivity index (χ3v) is 1.52. The molecule has 0 saturated heterocycles. The Morgan fingerprint density at radius 2 is 2.20 bits per heavy atom. The van der Waals surface area contributed by atoms with Crippen LogP contribution in [0.25, 0.3) is 0 Å². The highest BCUT2D eigenvalue weighted by Gasteiger charge is 2.26. The van der Waals surface area contributed by atoms with Gasteiger partial charge in [-0.2, -0.15) is 9.65 Å². The standard InChI is InChI=1S/C7H2F3N3O2/c8-5-1-3(6(9)10)4(2-11)7(12-5)13(14)15/h1,6H. The van der Waals surface area contributed by atoms with Crippen LogP contribution in [0.2, 0.25) is 0 Å². The second-order valence-corrected chi connectivity index (χ2v) is 2.40. The zero-order valence-corrected chi connectivity index (χ0v) is 6.95. The van der Waals surface area contributed by atoms with Crippen molar-refractivity contribution in [2.75, 3.05) is 0 Å². The lowest BCUT2D eigenvalue weighted by Gasteiger charge is -2.01. The van der Waals surface area contributed by atoms with E-state index < -0.39 is 34.2 Å². The number of nitrogens with zero attached hydrogens (tertiary/aromatic N) is 3. The SMILES string of the molecule is N#Cc1c(C(F)F)cc(F)nc1[N+](=O)[O-]. The molecule has 1 aromatic rings. The minimum atomic E-state index is -3.17. The Morgan fingerprint density at radius 1 is 1.60 bits per heavy atom. The maximum absolute atomic E-state index is 12.6. The number of rotatable bonds is 2. The van der Waals surface area contributed by atoms with Crippen molar-refractivity contribution in [1.29, 1.82) is 5.26 Å². The highest BCUT2D eigenvalue weighted by molar-refractivity contribution is 5.49. The smallest absolute Gasteiger partial charge is 0.358 e. The molecule has 8 heteroatoms. The van der Waals surface area contributed by atoms with Gasteiger partial charge >= 0.3 is 11.8 Å². The van der Waals surface area contributed by atoms with E-state index in [0.717, 1.165) is 0 Å². The third kappa shape index (κ3) is 2.01. The fourth-order valence-corrected chi connectivity index (χ4v) is 0.938. The van der Waals surface area contributed by atoms with Crippen LogP contribution in [-0.2, 0) is 0 Å². The summed E-state index contributed by atoms with van der Waals surface area (Å²) in [5, 5.41) is 18.7. The van der Waals surface area contributed by atoms with Crippen molar-refractivity contribution in [3.05, 3.63) is 33.3 Å². The van der Waals surface area contributed by atoms with Gasteiger partial charge in [-0.15, -0.1) is 0 Å². The molecule has 1 heterocycles. The first-order valence-corrected chi connectivity index (χ1v) is 3.50. The normalized spacial score (nSPS) is 10.1.